The first-order valence-corrected chi connectivity index (χ1v) is 8.49. The number of rotatable bonds is 6. The highest BCUT2D eigenvalue weighted by Crippen LogP contribution is 2.20. The van der Waals surface area contributed by atoms with Gasteiger partial charge in [-0.05, 0) is 31.7 Å². The van der Waals surface area contributed by atoms with E-state index in [0.717, 1.165) is 0 Å². The van der Waals surface area contributed by atoms with E-state index in [1.54, 1.807) is 36.0 Å². The molecule has 0 spiro atoms. The van der Waals surface area contributed by atoms with Crippen molar-refractivity contribution in [2.75, 3.05) is 18.5 Å². The second kappa shape index (κ2) is 5.95. The molecule has 102 valence electrons. The Kier molecular flexibility index (Phi) is 5.07. The Bertz CT molecular complexity index is 499. The molecule has 0 aliphatic heterocycles. The van der Waals surface area contributed by atoms with Gasteiger partial charge in [-0.3, -0.25) is 0 Å². The lowest BCUT2D eigenvalue weighted by Gasteiger charge is -2.22. The Balaban J connectivity index is 2.69. The Hall–Kier alpha value is -0.720. The number of anilines is 1. The predicted molar refractivity (Wildman–Crippen MR) is 79.1 cm³/mol. The van der Waals surface area contributed by atoms with Gasteiger partial charge in [0.05, 0.1) is 5.75 Å². The van der Waals surface area contributed by atoms with Gasteiger partial charge in [0.15, 0.2) is 0 Å². The summed E-state index contributed by atoms with van der Waals surface area (Å²) in [5.74, 6) is -0.0792. The summed E-state index contributed by atoms with van der Waals surface area (Å²) in [7, 11) is -3.34. The van der Waals surface area contributed by atoms with Gasteiger partial charge in [-0.25, -0.2) is 13.1 Å². The molecule has 0 amide bonds. The van der Waals surface area contributed by atoms with Crippen LogP contribution < -0.4 is 10.5 Å². The molecule has 0 aliphatic rings. The molecule has 0 bridgehead atoms. The van der Waals surface area contributed by atoms with Crippen LogP contribution in [-0.2, 0) is 15.8 Å². The minimum atomic E-state index is -3.34. The van der Waals surface area contributed by atoms with Gasteiger partial charge in [-0.2, -0.15) is 11.8 Å². The van der Waals surface area contributed by atoms with Crippen molar-refractivity contribution in [3.05, 3.63) is 29.8 Å². The monoisotopic (exact) mass is 288 g/mol. The van der Waals surface area contributed by atoms with Crippen molar-refractivity contribution in [2.24, 2.45) is 0 Å². The first kappa shape index (κ1) is 15.3. The zero-order valence-electron chi connectivity index (χ0n) is 10.9. The Morgan fingerprint density at radius 3 is 2.50 bits per heavy atom. The normalized spacial score (nSPS) is 12.6. The highest BCUT2D eigenvalue weighted by Gasteiger charge is 2.20. The van der Waals surface area contributed by atoms with Gasteiger partial charge in [-0.1, -0.05) is 18.2 Å². The van der Waals surface area contributed by atoms with Crippen LogP contribution in [0.5, 0.6) is 0 Å². The van der Waals surface area contributed by atoms with Crippen LogP contribution in [0.4, 0.5) is 5.69 Å². The molecular weight excluding hydrogens is 268 g/mol. The molecule has 0 aliphatic carbocycles. The molecule has 1 aromatic rings. The number of nitrogen functional groups attached to an aromatic ring is 1. The average Bonchev–Trinajstić information content (AvgIpc) is 2.30. The summed E-state index contributed by atoms with van der Waals surface area (Å²) in [4.78, 5) is 0. The Morgan fingerprint density at radius 2 is 1.94 bits per heavy atom. The summed E-state index contributed by atoms with van der Waals surface area (Å²) >= 11 is 1.63. The molecule has 0 heterocycles. The van der Waals surface area contributed by atoms with E-state index in [4.69, 9.17) is 5.73 Å². The lowest BCUT2D eigenvalue weighted by molar-refractivity contribution is 0.570. The fraction of sp³-hybridized carbons (Fsp3) is 0.500. The molecule has 0 saturated heterocycles. The van der Waals surface area contributed by atoms with Crippen molar-refractivity contribution in [3.63, 3.8) is 0 Å². The smallest absolute Gasteiger partial charge is 0.215 e. The van der Waals surface area contributed by atoms with Gasteiger partial charge in [0.1, 0.15) is 0 Å². The molecule has 3 N–H and O–H groups in total. The zero-order chi connectivity index (χ0) is 13.8. The standard InChI is InChI=1S/C12H20N2O2S2/c1-12(2,17-3)9-14-18(15,16)8-10-6-4-5-7-11(10)13/h4-7,14H,8-9,13H2,1-3H3. The van der Waals surface area contributed by atoms with Crippen LogP contribution in [0.3, 0.4) is 0 Å². The third kappa shape index (κ3) is 4.88. The van der Waals surface area contributed by atoms with Crippen LogP contribution >= 0.6 is 11.8 Å². The molecule has 1 rings (SSSR count). The molecule has 0 atom stereocenters. The molecule has 0 fully saturated rings. The average molecular weight is 288 g/mol. The molecule has 0 radical (unpaired) electrons. The van der Waals surface area contributed by atoms with Crippen LogP contribution in [-0.4, -0.2) is 26.0 Å². The van der Waals surface area contributed by atoms with E-state index in [1.807, 2.05) is 20.1 Å². The lowest BCUT2D eigenvalue weighted by Crippen LogP contribution is -2.36. The third-order valence-corrected chi connectivity index (χ3v) is 5.20. The molecule has 0 unspecified atom stereocenters. The van der Waals surface area contributed by atoms with Crippen molar-refractivity contribution < 1.29 is 8.42 Å². The fourth-order valence-corrected chi connectivity index (χ4v) is 2.94. The quantitative estimate of drug-likeness (QED) is 0.783. The van der Waals surface area contributed by atoms with Crippen LogP contribution in [0.2, 0.25) is 0 Å². The molecule has 0 saturated carbocycles. The number of hydrogen-bond donors (Lipinski definition) is 2. The van der Waals surface area contributed by atoms with Gasteiger partial charge in [0.2, 0.25) is 10.0 Å². The number of thioether (sulfide) groups is 1. The van der Waals surface area contributed by atoms with Crippen molar-refractivity contribution >= 4 is 27.5 Å². The number of sulfonamides is 1. The maximum Gasteiger partial charge on any atom is 0.215 e. The van der Waals surface area contributed by atoms with Gasteiger partial charge in [0, 0.05) is 17.0 Å². The van der Waals surface area contributed by atoms with Crippen LogP contribution in [0, 0.1) is 0 Å². The highest BCUT2D eigenvalue weighted by molar-refractivity contribution is 8.00. The number of hydrogen-bond acceptors (Lipinski definition) is 4. The van der Waals surface area contributed by atoms with E-state index in [0.29, 0.717) is 17.8 Å². The topological polar surface area (TPSA) is 72.2 Å². The zero-order valence-corrected chi connectivity index (χ0v) is 12.6. The van der Waals surface area contributed by atoms with Crippen LogP contribution in [0.15, 0.2) is 24.3 Å². The lowest BCUT2D eigenvalue weighted by atomic mass is 10.2. The minimum Gasteiger partial charge on any atom is -0.398 e. The second-order valence-corrected chi connectivity index (χ2v) is 8.06. The first-order chi connectivity index (χ1) is 8.26. The van der Waals surface area contributed by atoms with Crippen molar-refractivity contribution in [1.82, 2.24) is 4.72 Å². The maximum atomic E-state index is 11.9. The molecule has 0 aromatic heterocycles. The van der Waals surface area contributed by atoms with Crippen LogP contribution in [0.25, 0.3) is 0 Å². The van der Waals surface area contributed by atoms with Gasteiger partial charge < -0.3 is 5.73 Å². The molecule has 6 heteroatoms. The first-order valence-electron chi connectivity index (χ1n) is 5.62. The van der Waals surface area contributed by atoms with Gasteiger partial charge in [-0.15, -0.1) is 0 Å². The Morgan fingerprint density at radius 1 is 1.33 bits per heavy atom. The summed E-state index contributed by atoms with van der Waals surface area (Å²) in [5, 5.41) is 0. The number of nitrogens with two attached hydrogens (primary N) is 1. The molecule has 1 aromatic carbocycles. The predicted octanol–water partition coefficient (Wildman–Crippen LogP) is 1.83. The number of para-hydroxylation sites is 1. The minimum absolute atomic E-state index is 0.0792. The fourth-order valence-electron chi connectivity index (χ4n) is 1.28. The van der Waals surface area contributed by atoms with Crippen LogP contribution in [0.1, 0.15) is 19.4 Å². The SMILES string of the molecule is CSC(C)(C)CNS(=O)(=O)Cc1ccccc1N. The molecule has 4 nitrogen and oxygen atoms in total. The summed E-state index contributed by atoms with van der Waals surface area (Å²) in [6.07, 6.45) is 1.96. The molecular formula is C12H20N2O2S2. The summed E-state index contributed by atoms with van der Waals surface area (Å²) in [5.41, 5.74) is 6.88. The summed E-state index contributed by atoms with van der Waals surface area (Å²) < 4.78 is 26.4. The van der Waals surface area contributed by atoms with E-state index < -0.39 is 10.0 Å². The maximum absolute atomic E-state index is 11.9. The van der Waals surface area contributed by atoms with E-state index in [2.05, 4.69) is 4.72 Å². The van der Waals surface area contributed by atoms with E-state index in [1.165, 1.54) is 0 Å². The van der Waals surface area contributed by atoms with Crippen molar-refractivity contribution in [3.8, 4) is 0 Å². The second-order valence-electron chi connectivity index (χ2n) is 4.74. The summed E-state index contributed by atoms with van der Waals surface area (Å²) in [6.45, 7) is 4.40. The Labute approximate surface area is 113 Å². The van der Waals surface area contributed by atoms with Gasteiger partial charge in [0.25, 0.3) is 0 Å². The van der Waals surface area contributed by atoms with E-state index >= 15 is 0 Å². The molecule has 18 heavy (non-hydrogen) atoms. The van der Waals surface area contributed by atoms with Crippen molar-refractivity contribution in [1.29, 1.82) is 0 Å². The van der Waals surface area contributed by atoms with Gasteiger partial charge >= 0.3 is 0 Å². The number of nitrogens with one attached hydrogen (secondary N) is 1. The van der Waals surface area contributed by atoms with E-state index in [-0.39, 0.29) is 10.5 Å². The highest BCUT2D eigenvalue weighted by atomic mass is 32.2. The van der Waals surface area contributed by atoms with Crippen molar-refractivity contribution in [2.45, 2.75) is 24.3 Å². The van der Waals surface area contributed by atoms with E-state index in [9.17, 15) is 8.42 Å². The summed E-state index contributed by atoms with van der Waals surface area (Å²) in [6, 6.07) is 7.01. The largest absolute Gasteiger partial charge is 0.398 e. The number of benzene rings is 1. The third-order valence-electron chi connectivity index (χ3n) is 2.67.